The van der Waals surface area contributed by atoms with E-state index < -0.39 is 18.5 Å². The van der Waals surface area contributed by atoms with Gasteiger partial charge in [-0.3, -0.25) is 0 Å². The molecule has 0 bridgehead atoms. The fourth-order valence-electron chi connectivity index (χ4n) is 0.163. The molecule has 0 aliphatic carbocycles. The first-order valence-electron chi connectivity index (χ1n) is 1.88. The Morgan fingerprint density at radius 1 is 0.667 bits per heavy atom. The summed E-state index contributed by atoms with van der Waals surface area (Å²) in [5.41, 5.74) is 0. The molecule has 0 saturated carbocycles. The van der Waals surface area contributed by atoms with E-state index in [9.17, 15) is 14.4 Å². The fourth-order valence-corrected chi connectivity index (χ4v) is 0.163. The number of rotatable bonds is 0. The number of hydrogen-bond acceptors (Lipinski definition) is 5. The maximum atomic E-state index is 9.86. The summed E-state index contributed by atoms with van der Waals surface area (Å²) in [5.74, 6) is 0. The van der Waals surface area contributed by atoms with Crippen molar-refractivity contribution in [2.24, 2.45) is 0 Å². The number of carbonyl (C=O) groups is 3. The summed E-state index contributed by atoms with van der Waals surface area (Å²) in [5, 5.41) is 15.4. The minimum atomic E-state index is -1.92. The molecule has 0 radical (unpaired) electrons. The molecular formula is C3H6Na4O7Zr4. The average molecular weight is 611 g/mol. The molecule has 0 fully saturated rings. The van der Waals surface area contributed by atoms with Crippen LogP contribution in [0.4, 0.5) is 14.4 Å². The van der Waals surface area contributed by atoms with Gasteiger partial charge in [-0.2, -0.15) is 0 Å². The molecular weight excluding hydrogens is 605 g/mol. The van der Waals surface area contributed by atoms with E-state index in [0.29, 0.717) is 0 Å². The quantitative estimate of drug-likeness (QED) is 0.159. The molecule has 18 heavy (non-hydrogen) atoms. The first-order chi connectivity index (χ1) is 4.52. The predicted molar refractivity (Wildman–Crippen MR) is 28.1 cm³/mol. The molecule has 80 valence electrons. The van der Waals surface area contributed by atoms with Crippen molar-refractivity contribution >= 4 is 18.5 Å². The van der Waals surface area contributed by atoms with Gasteiger partial charge in [0.25, 0.3) is 0 Å². The summed E-state index contributed by atoms with van der Waals surface area (Å²) < 4.78 is 6.47. The molecule has 7 nitrogen and oxygen atoms in total. The second-order valence-corrected chi connectivity index (χ2v) is 0.986. The molecule has 0 aromatic rings. The van der Waals surface area contributed by atoms with Gasteiger partial charge in [0, 0.05) is 105 Å². The zero-order chi connectivity index (χ0) is 8.15. The molecule has 0 spiro atoms. The number of hydrogen-bond donors (Lipinski definition) is 2. The van der Waals surface area contributed by atoms with Crippen LogP contribution in [0, 0.1) is 0 Å². The van der Waals surface area contributed by atoms with Gasteiger partial charge in [0.15, 0.2) is 0 Å². The minimum Gasteiger partial charge on any atom is -1.00 e. The van der Waals surface area contributed by atoms with Crippen molar-refractivity contribution in [3.05, 3.63) is 0 Å². The van der Waals surface area contributed by atoms with Crippen LogP contribution < -0.4 is 118 Å². The fraction of sp³-hybridized carbons (Fsp3) is 0. The monoisotopic (exact) mass is 606 g/mol. The molecule has 0 rings (SSSR count). The van der Waals surface area contributed by atoms with Crippen molar-refractivity contribution in [1.29, 1.82) is 0 Å². The first-order valence-corrected chi connectivity index (χ1v) is 1.88. The molecule has 0 atom stereocenters. The second-order valence-electron chi connectivity index (χ2n) is 0.986. The normalized spacial score (nSPS) is 4.44. The number of ether oxygens (including phenoxy) is 2. The Labute approximate surface area is 274 Å². The predicted octanol–water partition coefficient (Wildman–Crippen LogP) is -11.0. The van der Waals surface area contributed by atoms with Gasteiger partial charge >= 0.3 is 137 Å². The van der Waals surface area contributed by atoms with Gasteiger partial charge in [0.2, 0.25) is 0 Å². The van der Waals surface area contributed by atoms with Gasteiger partial charge in [-0.1, -0.05) is 0 Å². The molecule has 0 amide bonds. The summed E-state index contributed by atoms with van der Waals surface area (Å²) in [6.45, 7) is 0. The summed E-state index contributed by atoms with van der Waals surface area (Å²) in [7, 11) is 0. The van der Waals surface area contributed by atoms with Crippen molar-refractivity contribution in [2.75, 3.05) is 0 Å². The van der Waals surface area contributed by atoms with E-state index in [1.165, 1.54) is 0 Å². The third-order valence-corrected chi connectivity index (χ3v) is 0.341. The third-order valence-electron chi connectivity index (χ3n) is 0.341. The van der Waals surface area contributed by atoms with E-state index >= 15 is 0 Å². The van der Waals surface area contributed by atoms with Gasteiger partial charge in [-0.15, -0.1) is 0 Å². The SMILES string of the molecule is O=C(O)OC(=O)OC(=O)O.[H-].[H-].[H-].[H-].[Na+].[Na+].[Na+].[Na+].[Zr].[Zr].[Zr].[Zr]. The first kappa shape index (κ1) is 56.5. The van der Waals surface area contributed by atoms with Gasteiger partial charge in [0.1, 0.15) is 0 Å². The largest absolute Gasteiger partial charge is 1.00 e. The Morgan fingerprint density at radius 3 is 0.944 bits per heavy atom. The summed E-state index contributed by atoms with van der Waals surface area (Å²) >= 11 is 0. The topological polar surface area (TPSA) is 110 Å². The Kier molecular flexibility index (Phi) is 120. The molecule has 0 aliphatic rings. The second kappa shape index (κ2) is 38.4. The van der Waals surface area contributed by atoms with Crippen molar-refractivity contribution < 1.29 is 263 Å². The smallest absolute Gasteiger partial charge is 1.00 e. The number of carbonyl (C=O) groups excluding carboxylic acids is 1. The van der Waals surface area contributed by atoms with Crippen LogP contribution in [0.1, 0.15) is 5.71 Å². The Hall–Kier alpha value is 5.74. The van der Waals surface area contributed by atoms with Crippen LogP contribution in [-0.4, -0.2) is 28.7 Å². The summed E-state index contributed by atoms with van der Waals surface area (Å²) in [4.78, 5) is 28.8. The van der Waals surface area contributed by atoms with Crippen LogP contribution in [0.2, 0.25) is 0 Å². The van der Waals surface area contributed by atoms with E-state index in [4.69, 9.17) is 10.2 Å². The molecule has 0 heterocycles. The van der Waals surface area contributed by atoms with Crippen molar-refractivity contribution in [1.82, 2.24) is 0 Å². The van der Waals surface area contributed by atoms with Crippen molar-refractivity contribution in [3.8, 4) is 0 Å². The Morgan fingerprint density at radius 2 is 0.833 bits per heavy atom. The van der Waals surface area contributed by atoms with Crippen molar-refractivity contribution in [3.63, 3.8) is 0 Å². The van der Waals surface area contributed by atoms with E-state index in [1.807, 2.05) is 0 Å². The third kappa shape index (κ3) is 49.5. The van der Waals surface area contributed by atoms with Crippen LogP contribution >= 0.6 is 0 Å². The van der Waals surface area contributed by atoms with E-state index in [1.54, 1.807) is 0 Å². The van der Waals surface area contributed by atoms with Gasteiger partial charge in [0.05, 0.1) is 0 Å². The zero-order valence-electron chi connectivity index (χ0n) is 14.4. The Bertz CT molecular complexity index is 193. The molecule has 15 heteroatoms. The molecule has 0 aliphatic heterocycles. The maximum Gasteiger partial charge on any atom is 1.00 e. The van der Waals surface area contributed by atoms with Gasteiger partial charge in [-0.05, 0) is 0 Å². The summed E-state index contributed by atoms with van der Waals surface area (Å²) in [6, 6.07) is 0. The van der Waals surface area contributed by atoms with E-state index in [2.05, 4.69) is 9.47 Å². The molecule has 0 aromatic carbocycles. The zero-order valence-corrected chi connectivity index (χ0v) is 28.3. The van der Waals surface area contributed by atoms with Crippen LogP contribution in [0.25, 0.3) is 0 Å². The van der Waals surface area contributed by atoms with E-state index in [0.717, 1.165) is 0 Å². The minimum absolute atomic E-state index is 0. The Balaban J connectivity index is -0.00000000614. The van der Waals surface area contributed by atoms with Crippen LogP contribution in [0.3, 0.4) is 0 Å². The molecule has 0 aromatic heterocycles. The van der Waals surface area contributed by atoms with Crippen LogP contribution in [-0.2, 0) is 114 Å². The maximum absolute atomic E-state index is 9.86. The van der Waals surface area contributed by atoms with Crippen molar-refractivity contribution in [2.45, 2.75) is 0 Å². The molecule has 0 unspecified atom stereocenters. The van der Waals surface area contributed by atoms with Crippen LogP contribution in [0.15, 0.2) is 0 Å². The number of carboxylic acid groups (broad SMARTS) is 2. The molecule has 0 saturated heterocycles. The standard InChI is InChI=1S/C3H2O7.4Na.4Zr.4H/c4-1(5)9-3(8)10-2(6)7;;;;;;;;;;;;/h(H,4,5)(H,6,7);;;;;;;;;;;;/q;4*+1;;;;;4*-1. The van der Waals surface area contributed by atoms with Gasteiger partial charge in [-0.25, -0.2) is 14.4 Å². The van der Waals surface area contributed by atoms with E-state index in [-0.39, 0.29) is 229 Å². The van der Waals surface area contributed by atoms with Gasteiger partial charge < -0.3 is 25.4 Å². The summed E-state index contributed by atoms with van der Waals surface area (Å²) in [6.07, 6.45) is -5.64. The average Bonchev–Trinajstić information content (AvgIpc) is 1.58. The van der Waals surface area contributed by atoms with Crippen LogP contribution in [0.5, 0.6) is 0 Å². The molecule has 2 N–H and O–H groups in total.